The summed E-state index contributed by atoms with van der Waals surface area (Å²) in [6.45, 7) is 5.80. The highest BCUT2D eigenvalue weighted by atomic mass is 32.1. The molecule has 6 nitrogen and oxygen atoms in total. The highest BCUT2D eigenvalue weighted by Gasteiger charge is 2.27. The van der Waals surface area contributed by atoms with Crippen LogP contribution in [0.4, 0.5) is 0 Å². The second kappa shape index (κ2) is 6.54. The van der Waals surface area contributed by atoms with Gasteiger partial charge in [-0.05, 0) is 50.1 Å². The zero-order chi connectivity index (χ0) is 18.4. The van der Waals surface area contributed by atoms with Crippen LogP contribution in [-0.4, -0.2) is 26.1 Å². The number of carbonyl (C=O) groups is 1. The van der Waals surface area contributed by atoms with Crippen LogP contribution in [0.5, 0.6) is 0 Å². The number of thiophene rings is 1. The molecule has 0 bridgehead atoms. The Morgan fingerprint density at radius 1 is 1.35 bits per heavy atom. The van der Waals surface area contributed by atoms with Crippen LogP contribution in [0.25, 0.3) is 15.7 Å². The third-order valence-electron chi connectivity index (χ3n) is 5.61. The van der Waals surface area contributed by atoms with E-state index >= 15 is 0 Å². The van der Waals surface area contributed by atoms with E-state index in [-0.39, 0.29) is 17.5 Å². The van der Waals surface area contributed by atoms with Gasteiger partial charge in [-0.1, -0.05) is 19.8 Å². The zero-order valence-corrected chi connectivity index (χ0v) is 16.2. The van der Waals surface area contributed by atoms with Crippen LogP contribution in [-0.2, 0) is 4.79 Å². The van der Waals surface area contributed by atoms with E-state index in [2.05, 4.69) is 17.3 Å². The summed E-state index contributed by atoms with van der Waals surface area (Å²) < 4.78 is 4.26. The van der Waals surface area contributed by atoms with Crippen LogP contribution in [0.3, 0.4) is 0 Å². The lowest BCUT2D eigenvalue weighted by molar-refractivity contribution is -0.125. The fourth-order valence-electron chi connectivity index (χ4n) is 4.00. The lowest BCUT2D eigenvalue weighted by Gasteiger charge is -2.30. The van der Waals surface area contributed by atoms with Crippen LogP contribution in [0.1, 0.15) is 51.4 Å². The Morgan fingerprint density at radius 3 is 2.88 bits per heavy atom. The average Bonchev–Trinajstić information content (AvgIpc) is 3.20. The molecule has 1 saturated carbocycles. The number of aromatic nitrogens is 3. The number of carbonyl (C=O) groups excluding carboxylic acids is 1. The van der Waals surface area contributed by atoms with Gasteiger partial charge in [0.1, 0.15) is 17.4 Å². The summed E-state index contributed by atoms with van der Waals surface area (Å²) in [4.78, 5) is 25.7. The molecule has 0 spiro atoms. The van der Waals surface area contributed by atoms with Gasteiger partial charge in [-0.3, -0.25) is 14.0 Å². The lowest BCUT2D eigenvalue weighted by atomic mass is 9.86. The van der Waals surface area contributed by atoms with Crippen molar-refractivity contribution in [2.24, 2.45) is 5.92 Å². The summed E-state index contributed by atoms with van der Waals surface area (Å²) >= 11 is 1.60. The molecule has 1 N–H and O–H groups in total. The van der Waals surface area contributed by atoms with E-state index in [0.717, 1.165) is 29.5 Å². The largest absolute Gasteiger partial charge is 0.351 e. The van der Waals surface area contributed by atoms with Gasteiger partial charge in [0, 0.05) is 6.04 Å². The lowest BCUT2D eigenvalue weighted by Crippen LogP contribution is -2.45. The van der Waals surface area contributed by atoms with Crippen LogP contribution >= 0.6 is 11.3 Å². The number of nitrogens with one attached hydrogen (secondary N) is 1. The smallest absolute Gasteiger partial charge is 0.291 e. The minimum atomic E-state index is -0.631. The van der Waals surface area contributed by atoms with Crippen LogP contribution < -0.4 is 10.9 Å². The summed E-state index contributed by atoms with van der Waals surface area (Å²) in [5, 5.41) is 9.59. The summed E-state index contributed by atoms with van der Waals surface area (Å²) in [5.74, 6) is 1.06. The minimum absolute atomic E-state index is 0.129. The number of hydrogen-bond donors (Lipinski definition) is 1. The first-order valence-electron chi connectivity index (χ1n) is 9.26. The maximum atomic E-state index is 13.0. The average molecular weight is 372 g/mol. The molecular formula is C19H24N4O2S. The van der Waals surface area contributed by atoms with Gasteiger partial charge in [0.15, 0.2) is 0 Å². The second-order valence-corrected chi connectivity index (χ2v) is 8.33. The van der Waals surface area contributed by atoms with Crippen molar-refractivity contribution in [1.82, 2.24) is 19.5 Å². The van der Waals surface area contributed by atoms with Crippen molar-refractivity contribution in [1.29, 1.82) is 0 Å². The third kappa shape index (κ3) is 2.74. The standard InChI is InChI=1S/C19H24N4O2S/c1-11-6-4-5-7-14(11)20-18(24)12(2)23-19(25)16-10-17-15(8-9-26-17)22(16)13(3)21-23/h8-12,14H,4-7H2,1-3H3,(H,20,24)/t11-,12-,14+/m1/s1. The molecule has 1 fully saturated rings. The molecule has 1 aliphatic carbocycles. The molecule has 3 aromatic heterocycles. The molecule has 1 aliphatic rings. The maximum absolute atomic E-state index is 13.0. The summed E-state index contributed by atoms with van der Waals surface area (Å²) in [7, 11) is 0. The normalized spacial score (nSPS) is 22.0. The monoisotopic (exact) mass is 372 g/mol. The minimum Gasteiger partial charge on any atom is -0.351 e. The van der Waals surface area contributed by atoms with Crippen molar-refractivity contribution in [3.8, 4) is 0 Å². The second-order valence-electron chi connectivity index (χ2n) is 7.38. The Bertz CT molecular complexity index is 1030. The highest BCUT2D eigenvalue weighted by molar-refractivity contribution is 7.17. The molecule has 3 aromatic rings. The van der Waals surface area contributed by atoms with Crippen LogP contribution in [0, 0.1) is 12.8 Å². The summed E-state index contributed by atoms with van der Waals surface area (Å²) in [6, 6.07) is 3.44. The van der Waals surface area contributed by atoms with Gasteiger partial charge in [-0.15, -0.1) is 11.3 Å². The molecule has 3 atom stereocenters. The molecule has 0 unspecified atom stereocenters. The van der Waals surface area contributed by atoms with E-state index in [1.54, 1.807) is 18.3 Å². The molecule has 1 amide bonds. The van der Waals surface area contributed by atoms with E-state index < -0.39 is 6.04 Å². The predicted molar refractivity (Wildman–Crippen MR) is 104 cm³/mol. The number of aryl methyl sites for hydroxylation is 1. The van der Waals surface area contributed by atoms with Crippen LogP contribution in [0.15, 0.2) is 22.3 Å². The molecule has 0 aliphatic heterocycles. The summed E-state index contributed by atoms with van der Waals surface area (Å²) in [6.07, 6.45) is 4.53. The topological polar surface area (TPSA) is 68.4 Å². The molecule has 0 aromatic carbocycles. The van der Waals surface area contributed by atoms with Gasteiger partial charge < -0.3 is 5.32 Å². The first-order valence-corrected chi connectivity index (χ1v) is 10.1. The third-order valence-corrected chi connectivity index (χ3v) is 6.46. The van der Waals surface area contributed by atoms with Gasteiger partial charge in [0.25, 0.3) is 5.56 Å². The number of hydrogen-bond acceptors (Lipinski definition) is 4. The maximum Gasteiger partial charge on any atom is 0.291 e. The van der Waals surface area contributed by atoms with Gasteiger partial charge in [-0.2, -0.15) is 5.10 Å². The van der Waals surface area contributed by atoms with Crippen molar-refractivity contribution >= 4 is 33.0 Å². The van der Waals surface area contributed by atoms with Crippen molar-refractivity contribution in [3.05, 3.63) is 33.7 Å². The fourth-order valence-corrected chi connectivity index (χ4v) is 4.81. The fraction of sp³-hybridized carbons (Fsp3) is 0.526. The molecule has 138 valence electrons. The number of amides is 1. The zero-order valence-electron chi connectivity index (χ0n) is 15.4. The molecule has 0 saturated heterocycles. The van der Waals surface area contributed by atoms with Gasteiger partial charge in [0.05, 0.1) is 10.2 Å². The number of rotatable bonds is 3. The molecule has 7 heteroatoms. The first-order chi connectivity index (χ1) is 12.5. The van der Waals surface area contributed by atoms with Gasteiger partial charge in [-0.25, -0.2) is 4.68 Å². The van der Waals surface area contributed by atoms with Gasteiger partial charge >= 0.3 is 0 Å². The molecule has 26 heavy (non-hydrogen) atoms. The molecule has 3 heterocycles. The Hall–Kier alpha value is -2.15. The SMILES string of the molecule is Cc1nn([C@H](C)C(=O)N[C@H]2CCCC[C@H]2C)c(=O)c2cc3sccc3n12. The Morgan fingerprint density at radius 2 is 2.12 bits per heavy atom. The Labute approximate surface area is 155 Å². The van der Waals surface area contributed by atoms with Crippen molar-refractivity contribution < 1.29 is 4.79 Å². The highest BCUT2D eigenvalue weighted by Crippen LogP contribution is 2.25. The van der Waals surface area contributed by atoms with Crippen molar-refractivity contribution in [3.63, 3.8) is 0 Å². The first kappa shape index (κ1) is 17.3. The van der Waals surface area contributed by atoms with E-state index in [9.17, 15) is 9.59 Å². The van der Waals surface area contributed by atoms with E-state index in [1.807, 2.05) is 28.8 Å². The van der Waals surface area contributed by atoms with Crippen molar-refractivity contribution in [2.45, 2.75) is 58.5 Å². The number of nitrogens with zero attached hydrogens (tertiary/aromatic N) is 3. The van der Waals surface area contributed by atoms with Gasteiger partial charge in [0.2, 0.25) is 5.91 Å². The van der Waals surface area contributed by atoms with E-state index in [1.165, 1.54) is 11.1 Å². The van der Waals surface area contributed by atoms with E-state index in [4.69, 9.17) is 0 Å². The summed E-state index contributed by atoms with van der Waals surface area (Å²) in [5.41, 5.74) is 1.34. The molecule has 4 rings (SSSR count). The number of fused-ring (bicyclic) bond motifs is 3. The predicted octanol–water partition coefficient (Wildman–Crippen LogP) is 3.28. The van der Waals surface area contributed by atoms with Crippen molar-refractivity contribution in [2.75, 3.05) is 0 Å². The quantitative estimate of drug-likeness (QED) is 0.767. The Balaban J connectivity index is 1.68. The van der Waals surface area contributed by atoms with Crippen LogP contribution in [0.2, 0.25) is 0 Å². The Kier molecular flexibility index (Phi) is 4.34. The molecule has 0 radical (unpaired) electrons. The van der Waals surface area contributed by atoms with E-state index in [0.29, 0.717) is 17.3 Å². The molecular weight excluding hydrogens is 348 g/mol.